The van der Waals surface area contributed by atoms with Gasteiger partial charge in [0.1, 0.15) is 17.7 Å². The van der Waals surface area contributed by atoms with Gasteiger partial charge >= 0.3 is 0 Å². The maximum absolute atomic E-state index is 13.5. The molecule has 0 aliphatic rings. The lowest BCUT2D eigenvalue weighted by Crippen LogP contribution is -2.18. The van der Waals surface area contributed by atoms with Crippen molar-refractivity contribution in [2.45, 2.75) is 13.0 Å². The van der Waals surface area contributed by atoms with Crippen molar-refractivity contribution in [2.24, 2.45) is 0 Å². The summed E-state index contributed by atoms with van der Waals surface area (Å²) in [5, 5.41) is 8.83. The molecule has 96 valence electrons. The third-order valence-corrected chi connectivity index (χ3v) is 2.76. The predicted octanol–water partition coefficient (Wildman–Crippen LogP) is 2.48. The van der Waals surface area contributed by atoms with Crippen LogP contribution in [0.15, 0.2) is 30.6 Å². The van der Waals surface area contributed by atoms with E-state index in [9.17, 15) is 13.6 Å². The highest BCUT2D eigenvalue weighted by Gasteiger charge is 2.22. The molecule has 0 radical (unpaired) electrons. The molecule has 0 aliphatic heterocycles. The van der Waals surface area contributed by atoms with E-state index in [-0.39, 0.29) is 11.4 Å². The van der Waals surface area contributed by atoms with Crippen LogP contribution >= 0.6 is 0 Å². The molecule has 1 heterocycles. The maximum Gasteiger partial charge on any atom is 0.213 e. The smallest absolute Gasteiger partial charge is 0.213 e. The number of hydrogen-bond acceptors (Lipinski definition) is 3. The van der Waals surface area contributed by atoms with Crippen molar-refractivity contribution in [3.8, 4) is 6.07 Å². The van der Waals surface area contributed by atoms with Gasteiger partial charge in [-0.15, -0.1) is 0 Å². The van der Waals surface area contributed by atoms with Crippen LogP contribution in [0.1, 0.15) is 29.1 Å². The van der Waals surface area contributed by atoms with Crippen LogP contribution in [-0.2, 0) is 0 Å². The van der Waals surface area contributed by atoms with E-state index in [1.807, 2.05) is 6.07 Å². The average molecular weight is 261 g/mol. The average Bonchev–Trinajstić information content (AvgIpc) is 2.85. The van der Waals surface area contributed by atoms with Gasteiger partial charge in [0.15, 0.2) is 5.78 Å². The molecule has 0 N–H and O–H groups in total. The fraction of sp³-hybridized carbons (Fsp3) is 0.154. The van der Waals surface area contributed by atoms with E-state index in [1.54, 1.807) is 0 Å². The molecule has 19 heavy (non-hydrogen) atoms. The Labute approximate surface area is 107 Å². The molecule has 2 rings (SSSR count). The lowest BCUT2D eigenvalue weighted by Gasteiger charge is -2.13. The number of hydrogen-bond donors (Lipinski definition) is 0. The molecule has 4 nitrogen and oxygen atoms in total. The molecular weight excluding hydrogens is 252 g/mol. The molecule has 1 atom stereocenters. The number of Topliss-reactive ketones (excluding diaryl/α,β-unsaturated/α-hetero) is 1. The van der Waals surface area contributed by atoms with Crippen molar-refractivity contribution >= 4 is 5.78 Å². The molecule has 0 saturated carbocycles. The minimum Gasteiger partial charge on any atom is -0.312 e. The zero-order valence-electron chi connectivity index (χ0n) is 9.97. The first kappa shape index (κ1) is 12.9. The fourth-order valence-corrected chi connectivity index (χ4v) is 1.75. The van der Waals surface area contributed by atoms with Crippen LogP contribution in [-0.4, -0.2) is 15.3 Å². The molecule has 6 heteroatoms. The van der Waals surface area contributed by atoms with Crippen LogP contribution in [0.3, 0.4) is 0 Å². The van der Waals surface area contributed by atoms with Gasteiger partial charge in [-0.05, 0) is 19.1 Å². The Hall–Kier alpha value is -2.55. The molecule has 1 aromatic carbocycles. The minimum absolute atomic E-state index is 0.0587. The Morgan fingerprint density at radius 1 is 1.47 bits per heavy atom. The van der Waals surface area contributed by atoms with E-state index >= 15 is 0 Å². The van der Waals surface area contributed by atoms with Gasteiger partial charge in [0.2, 0.25) is 5.82 Å². The SMILES string of the molecule is CC(C(=O)c1ccc(F)cc1F)n1ccnc1C#N. The zero-order valence-corrected chi connectivity index (χ0v) is 9.97. The van der Waals surface area contributed by atoms with Gasteiger partial charge in [0.05, 0.1) is 11.6 Å². The lowest BCUT2D eigenvalue weighted by molar-refractivity contribution is 0.0930. The quantitative estimate of drug-likeness (QED) is 0.797. The summed E-state index contributed by atoms with van der Waals surface area (Å²) in [6, 6.07) is 3.80. The van der Waals surface area contributed by atoms with E-state index in [2.05, 4.69) is 4.98 Å². The summed E-state index contributed by atoms with van der Waals surface area (Å²) in [4.78, 5) is 15.9. The van der Waals surface area contributed by atoms with Crippen molar-refractivity contribution in [2.75, 3.05) is 0 Å². The van der Waals surface area contributed by atoms with Crippen molar-refractivity contribution < 1.29 is 13.6 Å². The number of halogens is 2. The summed E-state index contributed by atoms with van der Waals surface area (Å²) in [6.07, 6.45) is 2.84. The number of ketones is 1. The molecule has 1 unspecified atom stereocenters. The summed E-state index contributed by atoms with van der Waals surface area (Å²) in [5.74, 6) is -2.16. The number of benzene rings is 1. The molecule has 0 bridgehead atoms. The third-order valence-electron chi connectivity index (χ3n) is 2.76. The highest BCUT2D eigenvalue weighted by atomic mass is 19.1. The van der Waals surface area contributed by atoms with Crippen LogP contribution < -0.4 is 0 Å². The van der Waals surface area contributed by atoms with E-state index in [4.69, 9.17) is 5.26 Å². The molecule has 0 spiro atoms. The van der Waals surface area contributed by atoms with Crippen LogP contribution in [0.25, 0.3) is 0 Å². The number of rotatable bonds is 3. The van der Waals surface area contributed by atoms with Crippen LogP contribution in [0.4, 0.5) is 8.78 Å². The van der Waals surface area contributed by atoms with Crippen LogP contribution in [0, 0.1) is 23.0 Å². The largest absolute Gasteiger partial charge is 0.312 e. The van der Waals surface area contributed by atoms with Gasteiger partial charge in [-0.1, -0.05) is 0 Å². The summed E-state index contributed by atoms with van der Waals surface area (Å²) in [6.45, 7) is 1.52. The van der Waals surface area contributed by atoms with Crippen LogP contribution in [0.2, 0.25) is 0 Å². The van der Waals surface area contributed by atoms with Gasteiger partial charge in [0.25, 0.3) is 0 Å². The summed E-state index contributed by atoms with van der Waals surface area (Å²) in [5.41, 5.74) is -0.216. The molecule has 1 aromatic heterocycles. The Balaban J connectivity index is 2.37. The number of imidazole rings is 1. The first-order valence-corrected chi connectivity index (χ1v) is 5.46. The second kappa shape index (κ2) is 4.98. The number of nitriles is 1. The standard InChI is InChI=1S/C13H9F2N3O/c1-8(18-5-4-17-12(18)7-16)13(19)10-3-2-9(14)6-11(10)15/h2-6,8H,1H3. The van der Waals surface area contributed by atoms with Crippen molar-refractivity contribution in [1.82, 2.24) is 9.55 Å². The van der Waals surface area contributed by atoms with E-state index in [1.165, 1.54) is 23.9 Å². The first-order valence-electron chi connectivity index (χ1n) is 5.46. The van der Waals surface area contributed by atoms with E-state index < -0.39 is 23.5 Å². The van der Waals surface area contributed by atoms with Crippen molar-refractivity contribution in [3.05, 3.63) is 53.6 Å². The number of carbonyl (C=O) groups is 1. The van der Waals surface area contributed by atoms with Crippen molar-refractivity contribution in [3.63, 3.8) is 0 Å². The van der Waals surface area contributed by atoms with Gasteiger partial charge in [-0.2, -0.15) is 5.26 Å². The van der Waals surface area contributed by atoms with Crippen LogP contribution in [0.5, 0.6) is 0 Å². The number of nitrogens with zero attached hydrogens (tertiary/aromatic N) is 3. The Morgan fingerprint density at radius 2 is 2.21 bits per heavy atom. The summed E-state index contributed by atoms with van der Waals surface area (Å²) >= 11 is 0. The number of aromatic nitrogens is 2. The normalized spacial score (nSPS) is 11.9. The van der Waals surface area contributed by atoms with Gasteiger partial charge in [-0.25, -0.2) is 13.8 Å². The second-order valence-corrected chi connectivity index (χ2v) is 3.93. The van der Waals surface area contributed by atoms with E-state index in [0.29, 0.717) is 6.07 Å². The highest BCUT2D eigenvalue weighted by molar-refractivity contribution is 5.99. The lowest BCUT2D eigenvalue weighted by atomic mass is 10.0. The summed E-state index contributed by atoms with van der Waals surface area (Å²) < 4.78 is 27.7. The molecule has 0 saturated heterocycles. The third kappa shape index (κ3) is 2.36. The Kier molecular flexibility index (Phi) is 3.38. The topological polar surface area (TPSA) is 58.7 Å². The van der Waals surface area contributed by atoms with Gasteiger partial charge < -0.3 is 4.57 Å². The first-order chi connectivity index (χ1) is 9.04. The van der Waals surface area contributed by atoms with Gasteiger partial charge in [0, 0.05) is 18.5 Å². The Morgan fingerprint density at radius 3 is 2.84 bits per heavy atom. The molecule has 2 aromatic rings. The van der Waals surface area contributed by atoms with Crippen molar-refractivity contribution in [1.29, 1.82) is 5.26 Å². The molecular formula is C13H9F2N3O. The van der Waals surface area contributed by atoms with Gasteiger partial charge in [-0.3, -0.25) is 4.79 Å². The summed E-state index contributed by atoms with van der Waals surface area (Å²) in [7, 11) is 0. The minimum atomic E-state index is -0.921. The molecule has 0 amide bonds. The Bertz CT molecular complexity index is 673. The number of carbonyl (C=O) groups excluding carboxylic acids is 1. The van der Waals surface area contributed by atoms with E-state index in [0.717, 1.165) is 12.1 Å². The molecule has 0 fully saturated rings. The zero-order chi connectivity index (χ0) is 14.0. The highest BCUT2D eigenvalue weighted by Crippen LogP contribution is 2.18. The fourth-order valence-electron chi connectivity index (χ4n) is 1.75. The monoisotopic (exact) mass is 261 g/mol. The predicted molar refractivity (Wildman–Crippen MR) is 62.3 cm³/mol. The second-order valence-electron chi connectivity index (χ2n) is 3.93. The maximum atomic E-state index is 13.5. The molecule has 0 aliphatic carbocycles.